The standard InChI is InChI=1S/C10H12ClNO2/c11-10(8-3-4-8)5-1-2-6-12(10)7-9(13)14/h1-2,5-6,8H,3-4,7H2,(H,13,14). The molecule has 1 heterocycles. The summed E-state index contributed by atoms with van der Waals surface area (Å²) in [6.07, 6.45) is 9.49. The van der Waals surface area contributed by atoms with E-state index in [-0.39, 0.29) is 6.54 Å². The summed E-state index contributed by atoms with van der Waals surface area (Å²) >= 11 is 6.41. The summed E-state index contributed by atoms with van der Waals surface area (Å²) in [6, 6.07) is 0. The van der Waals surface area contributed by atoms with Gasteiger partial charge in [-0.05, 0) is 25.0 Å². The van der Waals surface area contributed by atoms with Gasteiger partial charge in [0.15, 0.2) is 0 Å². The average molecular weight is 214 g/mol. The third kappa shape index (κ3) is 1.64. The Morgan fingerprint density at radius 3 is 2.86 bits per heavy atom. The molecule has 1 aliphatic carbocycles. The molecule has 1 unspecified atom stereocenters. The van der Waals surface area contributed by atoms with E-state index >= 15 is 0 Å². The number of rotatable bonds is 3. The molecule has 1 aliphatic heterocycles. The second-order valence-electron chi connectivity index (χ2n) is 3.72. The van der Waals surface area contributed by atoms with Gasteiger partial charge >= 0.3 is 5.97 Å². The molecule has 2 rings (SSSR count). The molecule has 1 atom stereocenters. The van der Waals surface area contributed by atoms with E-state index in [2.05, 4.69) is 0 Å². The van der Waals surface area contributed by atoms with Gasteiger partial charge in [0, 0.05) is 12.1 Å². The Morgan fingerprint density at radius 1 is 1.57 bits per heavy atom. The maximum Gasteiger partial charge on any atom is 0.323 e. The first-order valence-corrected chi connectivity index (χ1v) is 5.04. The molecule has 0 saturated heterocycles. The van der Waals surface area contributed by atoms with Gasteiger partial charge in [0.05, 0.1) is 0 Å². The van der Waals surface area contributed by atoms with Crippen molar-refractivity contribution in [1.82, 2.24) is 4.90 Å². The van der Waals surface area contributed by atoms with Crippen molar-refractivity contribution in [3.8, 4) is 0 Å². The maximum absolute atomic E-state index is 10.6. The number of nitrogens with zero attached hydrogens (tertiary/aromatic N) is 1. The predicted molar refractivity (Wildman–Crippen MR) is 53.9 cm³/mol. The van der Waals surface area contributed by atoms with Gasteiger partial charge in [-0.1, -0.05) is 17.7 Å². The van der Waals surface area contributed by atoms with Gasteiger partial charge in [0.2, 0.25) is 0 Å². The number of carboxylic acid groups (broad SMARTS) is 1. The molecule has 0 aromatic heterocycles. The topological polar surface area (TPSA) is 40.5 Å². The summed E-state index contributed by atoms with van der Waals surface area (Å²) in [6.45, 7) is -0.0408. The molecule has 0 bridgehead atoms. The van der Waals surface area contributed by atoms with E-state index in [9.17, 15) is 4.79 Å². The number of halogens is 1. The van der Waals surface area contributed by atoms with Crippen molar-refractivity contribution in [3.05, 3.63) is 24.4 Å². The van der Waals surface area contributed by atoms with Crippen LogP contribution in [0.4, 0.5) is 0 Å². The summed E-state index contributed by atoms with van der Waals surface area (Å²) in [5.74, 6) is -0.458. The fourth-order valence-corrected chi connectivity index (χ4v) is 2.14. The van der Waals surface area contributed by atoms with Crippen molar-refractivity contribution in [2.75, 3.05) is 6.54 Å². The van der Waals surface area contributed by atoms with E-state index in [0.717, 1.165) is 12.8 Å². The SMILES string of the molecule is O=C(O)CN1C=CC=CC1(Cl)C1CC1. The number of carbonyl (C=O) groups is 1. The zero-order valence-electron chi connectivity index (χ0n) is 7.69. The van der Waals surface area contributed by atoms with E-state index < -0.39 is 11.0 Å². The van der Waals surface area contributed by atoms with E-state index in [4.69, 9.17) is 16.7 Å². The Balaban J connectivity index is 2.16. The lowest BCUT2D eigenvalue weighted by Crippen LogP contribution is -2.44. The highest BCUT2D eigenvalue weighted by Crippen LogP contribution is 2.47. The summed E-state index contributed by atoms with van der Waals surface area (Å²) in [7, 11) is 0. The first kappa shape index (κ1) is 9.59. The van der Waals surface area contributed by atoms with Crippen LogP contribution in [-0.4, -0.2) is 27.5 Å². The largest absolute Gasteiger partial charge is 0.480 e. The molecule has 0 amide bonds. The fraction of sp³-hybridized carbons (Fsp3) is 0.500. The third-order valence-corrected chi connectivity index (χ3v) is 3.25. The Bertz CT molecular complexity index is 309. The number of aliphatic carboxylic acids is 1. The Labute approximate surface area is 87.7 Å². The van der Waals surface area contributed by atoms with Crippen molar-refractivity contribution in [3.63, 3.8) is 0 Å². The van der Waals surface area contributed by atoms with Gasteiger partial charge in [0.1, 0.15) is 11.5 Å². The first-order chi connectivity index (χ1) is 6.63. The summed E-state index contributed by atoms with van der Waals surface area (Å²) in [4.78, 5) is 11.7. The van der Waals surface area contributed by atoms with Gasteiger partial charge in [-0.15, -0.1) is 0 Å². The quantitative estimate of drug-likeness (QED) is 0.574. The first-order valence-electron chi connectivity index (χ1n) is 4.66. The van der Waals surface area contributed by atoms with Gasteiger partial charge in [0.25, 0.3) is 0 Å². The molecule has 76 valence electrons. The van der Waals surface area contributed by atoms with Gasteiger partial charge in [-0.3, -0.25) is 4.79 Å². The zero-order valence-corrected chi connectivity index (χ0v) is 8.44. The molecule has 3 nitrogen and oxygen atoms in total. The lowest BCUT2D eigenvalue weighted by atomic mass is 10.1. The monoisotopic (exact) mass is 213 g/mol. The molecule has 2 aliphatic rings. The highest BCUT2D eigenvalue weighted by molar-refractivity contribution is 6.25. The third-order valence-electron chi connectivity index (χ3n) is 2.60. The van der Waals surface area contributed by atoms with Crippen molar-refractivity contribution >= 4 is 17.6 Å². The summed E-state index contributed by atoms with van der Waals surface area (Å²) in [5, 5.41) is 8.74. The number of allylic oxidation sites excluding steroid dienone is 2. The number of hydrogen-bond acceptors (Lipinski definition) is 2. The van der Waals surface area contributed by atoms with Crippen molar-refractivity contribution in [1.29, 1.82) is 0 Å². The average Bonchev–Trinajstić information content (AvgIpc) is 2.91. The second kappa shape index (κ2) is 3.31. The van der Waals surface area contributed by atoms with Gasteiger partial charge < -0.3 is 10.0 Å². The Kier molecular flexibility index (Phi) is 2.27. The van der Waals surface area contributed by atoms with Crippen LogP contribution in [0.25, 0.3) is 0 Å². The summed E-state index contributed by atoms with van der Waals surface area (Å²) < 4.78 is 0. The number of hydrogen-bond donors (Lipinski definition) is 1. The molecule has 1 saturated carbocycles. The van der Waals surface area contributed by atoms with Crippen LogP contribution < -0.4 is 0 Å². The molecule has 4 heteroatoms. The Hall–Kier alpha value is -0.960. The Morgan fingerprint density at radius 2 is 2.29 bits per heavy atom. The molecule has 14 heavy (non-hydrogen) atoms. The number of carboxylic acids is 1. The van der Waals surface area contributed by atoms with Gasteiger partial charge in [-0.25, -0.2) is 0 Å². The predicted octanol–water partition coefficient (Wildman–Crippen LogP) is 1.80. The second-order valence-corrected chi connectivity index (χ2v) is 4.33. The smallest absolute Gasteiger partial charge is 0.323 e. The van der Waals surface area contributed by atoms with Crippen molar-refractivity contribution in [2.24, 2.45) is 5.92 Å². The minimum atomic E-state index is -0.851. The fourth-order valence-electron chi connectivity index (χ4n) is 1.73. The summed E-state index contributed by atoms with van der Waals surface area (Å²) in [5.41, 5.74) is 0. The minimum absolute atomic E-state index is 0.0408. The number of alkyl halides is 1. The van der Waals surface area contributed by atoms with E-state index in [1.165, 1.54) is 0 Å². The molecule has 0 aromatic rings. The van der Waals surface area contributed by atoms with Crippen LogP contribution in [0.3, 0.4) is 0 Å². The van der Waals surface area contributed by atoms with Crippen LogP contribution in [0, 0.1) is 5.92 Å². The van der Waals surface area contributed by atoms with Crippen LogP contribution in [0.1, 0.15) is 12.8 Å². The normalized spacial score (nSPS) is 30.8. The molecular formula is C10H12ClNO2. The van der Waals surface area contributed by atoms with Crippen molar-refractivity contribution in [2.45, 2.75) is 17.8 Å². The van der Waals surface area contributed by atoms with E-state index in [1.54, 1.807) is 11.1 Å². The molecule has 1 fully saturated rings. The molecule has 0 spiro atoms. The lowest BCUT2D eigenvalue weighted by Gasteiger charge is -2.37. The molecular weight excluding hydrogens is 202 g/mol. The van der Waals surface area contributed by atoms with Crippen LogP contribution in [0.15, 0.2) is 24.4 Å². The van der Waals surface area contributed by atoms with Crippen LogP contribution in [0.2, 0.25) is 0 Å². The van der Waals surface area contributed by atoms with E-state index in [0.29, 0.717) is 5.92 Å². The van der Waals surface area contributed by atoms with Crippen molar-refractivity contribution < 1.29 is 9.90 Å². The van der Waals surface area contributed by atoms with E-state index in [1.807, 2.05) is 18.2 Å². The highest BCUT2D eigenvalue weighted by Gasteiger charge is 2.46. The molecule has 0 radical (unpaired) electrons. The van der Waals surface area contributed by atoms with Crippen LogP contribution >= 0.6 is 11.6 Å². The van der Waals surface area contributed by atoms with Crippen LogP contribution in [0.5, 0.6) is 0 Å². The highest BCUT2D eigenvalue weighted by atomic mass is 35.5. The lowest BCUT2D eigenvalue weighted by molar-refractivity contribution is -0.138. The minimum Gasteiger partial charge on any atom is -0.480 e. The molecule has 0 aromatic carbocycles. The maximum atomic E-state index is 10.6. The van der Waals surface area contributed by atoms with Gasteiger partial charge in [-0.2, -0.15) is 0 Å². The molecule has 1 N–H and O–H groups in total. The zero-order chi connectivity index (χ0) is 10.2. The van der Waals surface area contributed by atoms with Crippen LogP contribution in [-0.2, 0) is 4.79 Å².